The Kier molecular flexibility index (Phi) is 2.18. The molecule has 1 N–H and O–H groups in total. The van der Waals surface area contributed by atoms with Gasteiger partial charge in [0.25, 0.3) is 5.56 Å². The highest BCUT2D eigenvalue weighted by Gasteiger charge is 2.12. The number of aromatic amines is 1. The number of nitrogens with one attached hydrogen (secondary N) is 1. The summed E-state index contributed by atoms with van der Waals surface area (Å²) in [6.45, 7) is 5.65. The van der Waals surface area contributed by atoms with Crippen LogP contribution in [0.3, 0.4) is 0 Å². The maximum absolute atomic E-state index is 11.7. The Morgan fingerprint density at radius 2 is 1.75 bits per heavy atom. The monoisotopic (exact) mass is 219 g/mol. The van der Waals surface area contributed by atoms with Crippen LogP contribution in [0.25, 0.3) is 11.0 Å². The number of rotatable bonds is 0. The molecular weight excluding hydrogens is 206 g/mol. The molecule has 2 aromatic heterocycles. The predicted molar refractivity (Wildman–Crippen MR) is 61.8 cm³/mol. The van der Waals surface area contributed by atoms with Gasteiger partial charge < -0.3 is 0 Å². The molecule has 0 saturated heterocycles. The van der Waals surface area contributed by atoms with Gasteiger partial charge in [0.1, 0.15) is 5.65 Å². The topological polar surface area (TPSA) is 67.8 Å². The number of aromatic nitrogens is 3. The van der Waals surface area contributed by atoms with Crippen molar-refractivity contribution in [3.8, 4) is 0 Å². The zero-order valence-corrected chi connectivity index (χ0v) is 9.71. The molecule has 0 unspecified atom stereocenters. The number of hydrogen-bond acceptors (Lipinski definition) is 3. The van der Waals surface area contributed by atoms with Gasteiger partial charge in [0.15, 0.2) is 0 Å². The second-order valence-electron chi connectivity index (χ2n) is 3.96. The summed E-state index contributed by atoms with van der Waals surface area (Å²) in [4.78, 5) is 29.7. The number of pyridine rings is 1. The normalized spacial score (nSPS) is 11.0. The van der Waals surface area contributed by atoms with E-state index in [9.17, 15) is 9.59 Å². The minimum atomic E-state index is -0.437. The third-order valence-corrected chi connectivity index (χ3v) is 3.05. The minimum Gasteiger partial charge on any atom is -0.281 e. The van der Waals surface area contributed by atoms with Crippen molar-refractivity contribution in [3.05, 3.63) is 37.7 Å². The number of H-pyrrole nitrogens is 1. The molecule has 2 rings (SSSR count). The average Bonchev–Trinajstić information content (AvgIpc) is 2.22. The first-order valence-electron chi connectivity index (χ1n) is 5.00. The maximum Gasteiger partial charge on any atom is 0.329 e. The van der Waals surface area contributed by atoms with Crippen molar-refractivity contribution in [2.45, 2.75) is 20.8 Å². The van der Waals surface area contributed by atoms with Gasteiger partial charge in [0.05, 0.1) is 5.39 Å². The van der Waals surface area contributed by atoms with Gasteiger partial charge in [-0.2, -0.15) is 0 Å². The summed E-state index contributed by atoms with van der Waals surface area (Å²) in [6.07, 6.45) is 0. The molecule has 0 spiro atoms. The van der Waals surface area contributed by atoms with E-state index in [-0.39, 0.29) is 5.56 Å². The lowest BCUT2D eigenvalue weighted by atomic mass is 10.1. The Morgan fingerprint density at radius 1 is 1.12 bits per heavy atom. The Balaban J connectivity index is 3.20. The van der Waals surface area contributed by atoms with Crippen molar-refractivity contribution in [1.29, 1.82) is 0 Å². The maximum atomic E-state index is 11.7. The van der Waals surface area contributed by atoms with Gasteiger partial charge in [-0.25, -0.2) is 9.78 Å². The fraction of sp³-hybridized carbons (Fsp3) is 0.364. The molecule has 2 aromatic rings. The molecule has 0 aromatic carbocycles. The Morgan fingerprint density at radius 3 is 2.38 bits per heavy atom. The van der Waals surface area contributed by atoms with Crippen LogP contribution in [0.4, 0.5) is 0 Å². The Hall–Kier alpha value is -1.91. The SMILES string of the molecule is Cc1nc2c(c(C)c1C)c(=O)[nH]c(=O)n2C. The molecule has 0 aliphatic carbocycles. The smallest absolute Gasteiger partial charge is 0.281 e. The lowest BCUT2D eigenvalue weighted by Gasteiger charge is -2.09. The van der Waals surface area contributed by atoms with Crippen LogP contribution in [0.15, 0.2) is 9.59 Å². The number of hydrogen-bond donors (Lipinski definition) is 1. The van der Waals surface area contributed by atoms with Crippen LogP contribution in [0.2, 0.25) is 0 Å². The van der Waals surface area contributed by atoms with Crippen LogP contribution in [0.5, 0.6) is 0 Å². The van der Waals surface area contributed by atoms with E-state index in [0.717, 1.165) is 16.8 Å². The fourth-order valence-corrected chi connectivity index (χ4v) is 1.78. The third-order valence-electron chi connectivity index (χ3n) is 3.05. The van der Waals surface area contributed by atoms with Crippen molar-refractivity contribution in [1.82, 2.24) is 14.5 Å². The molecule has 0 saturated carbocycles. The Labute approximate surface area is 91.8 Å². The summed E-state index contributed by atoms with van der Waals surface area (Å²) in [5.41, 5.74) is 2.33. The molecule has 0 bridgehead atoms. The van der Waals surface area contributed by atoms with Gasteiger partial charge in [-0.3, -0.25) is 14.3 Å². The van der Waals surface area contributed by atoms with Crippen molar-refractivity contribution in [2.75, 3.05) is 0 Å². The lowest BCUT2D eigenvalue weighted by Crippen LogP contribution is -2.29. The van der Waals surface area contributed by atoms with Gasteiger partial charge in [0, 0.05) is 12.7 Å². The zero-order valence-electron chi connectivity index (χ0n) is 9.71. The highest BCUT2D eigenvalue weighted by Crippen LogP contribution is 2.17. The van der Waals surface area contributed by atoms with E-state index in [4.69, 9.17) is 0 Å². The van der Waals surface area contributed by atoms with E-state index in [2.05, 4.69) is 9.97 Å². The quantitative estimate of drug-likeness (QED) is 0.703. The van der Waals surface area contributed by atoms with Gasteiger partial charge in [-0.15, -0.1) is 0 Å². The minimum absolute atomic E-state index is 0.369. The van der Waals surface area contributed by atoms with Crippen LogP contribution in [0.1, 0.15) is 16.8 Å². The molecule has 0 aliphatic rings. The highest BCUT2D eigenvalue weighted by molar-refractivity contribution is 5.79. The molecule has 5 nitrogen and oxygen atoms in total. The van der Waals surface area contributed by atoms with E-state index in [1.54, 1.807) is 7.05 Å². The molecule has 0 aliphatic heterocycles. The second-order valence-corrected chi connectivity index (χ2v) is 3.96. The number of nitrogens with zero attached hydrogens (tertiary/aromatic N) is 2. The molecule has 0 amide bonds. The lowest BCUT2D eigenvalue weighted by molar-refractivity contribution is 0.823. The first kappa shape index (κ1) is 10.6. The first-order chi connectivity index (χ1) is 7.43. The summed E-state index contributed by atoms with van der Waals surface area (Å²) < 4.78 is 1.36. The van der Waals surface area contributed by atoms with Crippen LogP contribution in [-0.2, 0) is 7.05 Å². The van der Waals surface area contributed by atoms with Crippen LogP contribution < -0.4 is 11.2 Å². The summed E-state index contributed by atoms with van der Waals surface area (Å²) in [6, 6.07) is 0. The van der Waals surface area contributed by atoms with E-state index < -0.39 is 5.69 Å². The molecular formula is C11H13N3O2. The van der Waals surface area contributed by atoms with Crippen LogP contribution >= 0.6 is 0 Å². The van der Waals surface area contributed by atoms with Crippen LogP contribution in [0, 0.1) is 20.8 Å². The van der Waals surface area contributed by atoms with Gasteiger partial charge in [-0.1, -0.05) is 0 Å². The summed E-state index contributed by atoms with van der Waals surface area (Å²) >= 11 is 0. The summed E-state index contributed by atoms with van der Waals surface area (Å²) in [7, 11) is 1.60. The van der Waals surface area contributed by atoms with E-state index in [1.807, 2.05) is 20.8 Å². The molecule has 84 valence electrons. The van der Waals surface area contributed by atoms with Gasteiger partial charge >= 0.3 is 5.69 Å². The number of aryl methyl sites for hydroxylation is 3. The van der Waals surface area contributed by atoms with Gasteiger partial charge in [0.2, 0.25) is 0 Å². The zero-order chi connectivity index (χ0) is 12.0. The molecule has 0 radical (unpaired) electrons. The average molecular weight is 219 g/mol. The molecule has 2 heterocycles. The Bertz CT molecular complexity index is 695. The van der Waals surface area contributed by atoms with E-state index in [0.29, 0.717) is 11.0 Å². The highest BCUT2D eigenvalue weighted by atomic mass is 16.2. The summed E-state index contributed by atoms with van der Waals surface area (Å²) in [5.74, 6) is 0. The number of fused-ring (bicyclic) bond motifs is 1. The molecule has 16 heavy (non-hydrogen) atoms. The summed E-state index contributed by atoms with van der Waals surface area (Å²) in [5, 5.41) is 0.491. The van der Waals surface area contributed by atoms with Gasteiger partial charge in [-0.05, 0) is 31.9 Å². The molecule has 0 fully saturated rings. The van der Waals surface area contributed by atoms with Crippen LogP contribution in [-0.4, -0.2) is 14.5 Å². The van der Waals surface area contributed by atoms with Crippen molar-refractivity contribution >= 4 is 11.0 Å². The first-order valence-corrected chi connectivity index (χ1v) is 5.00. The van der Waals surface area contributed by atoms with E-state index >= 15 is 0 Å². The van der Waals surface area contributed by atoms with Crippen molar-refractivity contribution in [2.24, 2.45) is 7.05 Å². The van der Waals surface area contributed by atoms with Crippen molar-refractivity contribution < 1.29 is 0 Å². The standard InChI is InChI=1S/C11H13N3O2/c1-5-6(2)8-9(12-7(5)3)14(4)11(16)13-10(8)15/h1-4H3,(H,13,15,16). The third kappa shape index (κ3) is 1.28. The second kappa shape index (κ2) is 3.30. The molecule has 5 heteroatoms. The van der Waals surface area contributed by atoms with E-state index in [1.165, 1.54) is 4.57 Å². The molecule has 0 atom stereocenters. The van der Waals surface area contributed by atoms with Crippen molar-refractivity contribution in [3.63, 3.8) is 0 Å². The largest absolute Gasteiger partial charge is 0.329 e. The predicted octanol–water partition coefficient (Wildman–Crippen LogP) is 0.547. The fourth-order valence-electron chi connectivity index (χ4n) is 1.78.